The Hall–Kier alpha value is 0.250. The van der Waals surface area contributed by atoms with Crippen molar-refractivity contribution in [3.63, 3.8) is 0 Å². The molecular formula is C12H14BrIN2S. The first-order valence-corrected chi connectivity index (χ1v) is 8.21. The summed E-state index contributed by atoms with van der Waals surface area (Å²) in [7, 11) is 0. The summed E-state index contributed by atoms with van der Waals surface area (Å²) in [5.74, 6) is 1.11. The molecule has 1 aromatic rings. The highest BCUT2D eigenvalue weighted by atomic mass is 127. The van der Waals surface area contributed by atoms with E-state index in [-0.39, 0.29) is 0 Å². The zero-order valence-corrected chi connectivity index (χ0v) is 14.3. The normalized spacial score (nSPS) is 18.7. The van der Waals surface area contributed by atoms with Crippen molar-refractivity contribution >= 4 is 61.1 Å². The maximum Gasteiger partial charge on any atom is 0.161 e. The van der Waals surface area contributed by atoms with Gasteiger partial charge >= 0.3 is 0 Å². The van der Waals surface area contributed by atoms with Gasteiger partial charge in [0.15, 0.2) is 5.17 Å². The lowest BCUT2D eigenvalue weighted by Crippen LogP contribution is -2.27. The molecule has 0 radical (unpaired) electrons. The molecule has 0 bridgehead atoms. The molecule has 0 aliphatic carbocycles. The molecule has 0 fully saturated rings. The summed E-state index contributed by atoms with van der Waals surface area (Å²) in [5.41, 5.74) is 1.40. The van der Waals surface area contributed by atoms with E-state index in [0.717, 1.165) is 27.6 Å². The number of amidine groups is 1. The highest BCUT2D eigenvalue weighted by molar-refractivity contribution is 14.1. The third-order valence-corrected chi connectivity index (χ3v) is 5.21. The highest BCUT2D eigenvalue weighted by Crippen LogP contribution is 2.30. The standard InChI is InChI=1S/C12H14BrIN2S/c1-12(2)6-15-11(17-7-12)16-10-5-8(14)3-4-9(10)13/h3-5H,6-7H2,1-2H3,(H,15,16). The Labute approximate surface area is 128 Å². The summed E-state index contributed by atoms with van der Waals surface area (Å²) >= 11 is 7.66. The Morgan fingerprint density at radius 2 is 2.24 bits per heavy atom. The second-order valence-corrected chi connectivity index (χ2v) is 7.89. The molecule has 1 heterocycles. The quantitative estimate of drug-likeness (QED) is 0.666. The second kappa shape index (κ2) is 5.48. The number of anilines is 1. The minimum absolute atomic E-state index is 0.318. The average molecular weight is 425 g/mol. The Morgan fingerprint density at radius 1 is 1.47 bits per heavy atom. The Bertz CT molecular complexity index is 460. The lowest BCUT2D eigenvalue weighted by molar-refractivity contribution is 0.438. The number of nitrogens with zero attached hydrogens (tertiary/aromatic N) is 1. The van der Waals surface area contributed by atoms with Crippen LogP contribution in [0.3, 0.4) is 0 Å². The van der Waals surface area contributed by atoms with E-state index in [0.29, 0.717) is 5.41 Å². The molecule has 1 aliphatic rings. The smallest absolute Gasteiger partial charge is 0.161 e. The van der Waals surface area contributed by atoms with Gasteiger partial charge in [-0.05, 0) is 62.1 Å². The van der Waals surface area contributed by atoms with Gasteiger partial charge in [-0.1, -0.05) is 25.6 Å². The Kier molecular flexibility index (Phi) is 4.41. The van der Waals surface area contributed by atoms with Crippen LogP contribution in [0.25, 0.3) is 0 Å². The van der Waals surface area contributed by atoms with Crippen LogP contribution in [0.5, 0.6) is 0 Å². The van der Waals surface area contributed by atoms with Gasteiger partial charge in [-0.3, -0.25) is 4.99 Å². The van der Waals surface area contributed by atoms with E-state index >= 15 is 0 Å². The molecule has 1 aliphatic heterocycles. The summed E-state index contributed by atoms with van der Waals surface area (Å²) in [4.78, 5) is 4.59. The lowest BCUT2D eigenvalue weighted by atomic mass is 9.97. The van der Waals surface area contributed by atoms with Gasteiger partial charge in [-0.15, -0.1) is 0 Å². The number of thioether (sulfide) groups is 1. The third-order valence-electron chi connectivity index (χ3n) is 2.42. The van der Waals surface area contributed by atoms with Crippen LogP contribution in [-0.4, -0.2) is 17.5 Å². The van der Waals surface area contributed by atoms with E-state index in [1.165, 1.54) is 3.57 Å². The number of aliphatic imine (C=N–C) groups is 1. The van der Waals surface area contributed by atoms with Crippen LogP contribution in [0.1, 0.15) is 13.8 Å². The van der Waals surface area contributed by atoms with Gasteiger partial charge < -0.3 is 5.32 Å². The van der Waals surface area contributed by atoms with E-state index in [9.17, 15) is 0 Å². The van der Waals surface area contributed by atoms with Gasteiger partial charge in [0.2, 0.25) is 0 Å². The molecule has 1 N–H and O–H groups in total. The first kappa shape index (κ1) is 13.7. The van der Waals surface area contributed by atoms with Gasteiger partial charge in [0.1, 0.15) is 0 Å². The molecular weight excluding hydrogens is 411 g/mol. The topological polar surface area (TPSA) is 24.4 Å². The van der Waals surface area contributed by atoms with Crippen LogP contribution >= 0.6 is 50.3 Å². The molecule has 0 saturated heterocycles. The second-order valence-electron chi connectivity index (χ2n) is 4.82. The van der Waals surface area contributed by atoms with Crippen LogP contribution in [0.2, 0.25) is 0 Å². The largest absolute Gasteiger partial charge is 0.334 e. The van der Waals surface area contributed by atoms with Crippen molar-refractivity contribution < 1.29 is 0 Å². The molecule has 2 rings (SSSR count). The van der Waals surface area contributed by atoms with E-state index in [4.69, 9.17) is 0 Å². The monoisotopic (exact) mass is 424 g/mol. The molecule has 2 nitrogen and oxygen atoms in total. The maximum absolute atomic E-state index is 4.59. The number of halogens is 2. The van der Waals surface area contributed by atoms with Crippen molar-refractivity contribution in [1.82, 2.24) is 0 Å². The summed E-state index contributed by atoms with van der Waals surface area (Å²) in [6.45, 7) is 5.40. The highest BCUT2D eigenvalue weighted by Gasteiger charge is 2.23. The van der Waals surface area contributed by atoms with Crippen LogP contribution in [0, 0.1) is 8.99 Å². The molecule has 0 saturated carbocycles. The molecule has 0 spiro atoms. The Morgan fingerprint density at radius 3 is 2.88 bits per heavy atom. The summed E-state index contributed by atoms with van der Waals surface area (Å²) < 4.78 is 2.29. The van der Waals surface area contributed by atoms with E-state index in [1.807, 2.05) is 0 Å². The number of benzene rings is 1. The van der Waals surface area contributed by atoms with Crippen LogP contribution in [-0.2, 0) is 0 Å². The van der Waals surface area contributed by atoms with E-state index in [2.05, 4.69) is 80.9 Å². The molecule has 5 heteroatoms. The fourth-order valence-corrected chi connectivity index (χ4v) is 3.22. The van der Waals surface area contributed by atoms with Gasteiger partial charge in [0.25, 0.3) is 0 Å². The van der Waals surface area contributed by atoms with E-state index in [1.54, 1.807) is 11.8 Å². The predicted molar refractivity (Wildman–Crippen MR) is 89.0 cm³/mol. The zero-order valence-electron chi connectivity index (χ0n) is 9.76. The average Bonchev–Trinajstić information content (AvgIpc) is 2.26. The maximum atomic E-state index is 4.59. The number of hydrogen-bond donors (Lipinski definition) is 1. The SMILES string of the molecule is CC1(C)CN=C(Nc2cc(I)ccc2Br)SC1. The molecule has 1 aromatic carbocycles. The predicted octanol–water partition coefficient (Wildman–Crippen LogP) is 4.59. The van der Waals surface area contributed by atoms with Crippen molar-refractivity contribution in [2.24, 2.45) is 10.4 Å². The van der Waals surface area contributed by atoms with Crippen molar-refractivity contribution in [2.75, 3.05) is 17.6 Å². The van der Waals surface area contributed by atoms with Gasteiger partial charge in [-0.2, -0.15) is 0 Å². The zero-order chi connectivity index (χ0) is 12.5. The molecule has 0 amide bonds. The van der Waals surface area contributed by atoms with Crippen molar-refractivity contribution in [3.8, 4) is 0 Å². The molecule has 0 atom stereocenters. The number of rotatable bonds is 1. The van der Waals surface area contributed by atoms with Crippen LogP contribution < -0.4 is 5.32 Å². The minimum atomic E-state index is 0.318. The van der Waals surface area contributed by atoms with Crippen molar-refractivity contribution in [1.29, 1.82) is 0 Å². The van der Waals surface area contributed by atoms with Gasteiger partial charge in [0.05, 0.1) is 5.69 Å². The summed E-state index contributed by atoms with van der Waals surface area (Å²) in [6.07, 6.45) is 0. The fraction of sp³-hybridized carbons (Fsp3) is 0.417. The van der Waals surface area contributed by atoms with Crippen LogP contribution in [0.4, 0.5) is 5.69 Å². The fourth-order valence-electron chi connectivity index (χ4n) is 1.42. The summed E-state index contributed by atoms with van der Waals surface area (Å²) in [6, 6.07) is 6.25. The van der Waals surface area contributed by atoms with Crippen molar-refractivity contribution in [3.05, 3.63) is 26.2 Å². The number of hydrogen-bond acceptors (Lipinski definition) is 3. The number of nitrogens with one attached hydrogen (secondary N) is 1. The molecule has 0 unspecified atom stereocenters. The first-order valence-electron chi connectivity index (χ1n) is 5.36. The van der Waals surface area contributed by atoms with Gasteiger partial charge in [-0.25, -0.2) is 0 Å². The Balaban J connectivity index is 2.12. The van der Waals surface area contributed by atoms with Crippen molar-refractivity contribution in [2.45, 2.75) is 13.8 Å². The lowest BCUT2D eigenvalue weighted by Gasteiger charge is -2.27. The van der Waals surface area contributed by atoms with E-state index < -0.39 is 0 Å². The summed E-state index contributed by atoms with van der Waals surface area (Å²) in [5, 5.41) is 4.41. The van der Waals surface area contributed by atoms with Crippen LogP contribution in [0.15, 0.2) is 27.7 Å². The third kappa shape index (κ3) is 3.86. The first-order chi connectivity index (χ1) is 7.96. The molecule has 17 heavy (non-hydrogen) atoms. The minimum Gasteiger partial charge on any atom is -0.334 e. The molecule has 92 valence electrons. The molecule has 0 aromatic heterocycles. The van der Waals surface area contributed by atoms with Gasteiger partial charge in [0, 0.05) is 20.3 Å².